The summed E-state index contributed by atoms with van der Waals surface area (Å²) in [6.07, 6.45) is 0.390. The molecule has 1 heterocycles. The Morgan fingerprint density at radius 2 is 2.40 bits per heavy atom. The van der Waals surface area contributed by atoms with E-state index in [9.17, 15) is 4.79 Å². The molecule has 0 bridgehead atoms. The zero-order valence-electron chi connectivity index (χ0n) is 6.35. The third-order valence-electron chi connectivity index (χ3n) is 1.46. The summed E-state index contributed by atoms with van der Waals surface area (Å²) < 4.78 is 9.75. The summed E-state index contributed by atoms with van der Waals surface area (Å²) in [6, 6.07) is 0. The van der Waals surface area contributed by atoms with Crippen molar-refractivity contribution in [3.8, 4) is 0 Å². The largest absolute Gasteiger partial charge is 0.466 e. The van der Waals surface area contributed by atoms with Crippen LogP contribution < -0.4 is 0 Å². The lowest BCUT2D eigenvalue weighted by Gasteiger charge is -2.02. The smallest absolute Gasteiger partial charge is 0.308 e. The fraction of sp³-hybridized carbons (Fsp3) is 0.857. The topological polar surface area (TPSA) is 38.8 Å². The van der Waals surface area contributed by atoms with E-state index in [-0.39, 0.29) is 11.6 Å². The summed E-state index contributed by atoms with van der Waals surface area (Å²) in [7, 11) is 0. The van der Waals surface area contributed by atoms with E-state index >= 15 is 0 Å². The monoisotopic (exact) mass is 144 g/mol. The highest BCUT2D eigenvalue weighted by Gasteiger charge is 2.41. The molecule has 0 N–H and O–H groups in total. The first-order valence-electron chi connectivity index (χ1n) is 3.46. The Morgan fingerprint density at radius 3 is 2.80 bits per heavy atom. The quantitative estimate of drug-likeness (QED) is 0.433. The highest BCUT2D eigenvalue weighted by atomic mass is 16.6. The van der Waals surface area contributed by atoms with Crippen LogP contribution in [0.1, 0.15) is 20.3 Å². The average molecular weight is 144 g/mol. The van der Waals surface area contributed by atoms with Gasteiger partial charge < -0.3 is 9.47 Å². The highest BCUT2D eigenvalue weighted by molar-refractivity contribution is 5.71. The molecule has 1 rings (SSSR count). The summed E-state index contributed by atoms with van der Waals surface area (Å²) in [4.78, 5) is 10.8. The van der Waals surface area contributed by atoms with Crippen LogP contribution in [0.4, 0.5) is 0 Å². The van der Waals surface area contributed by atoms with Crippen LogP contribution in [-0.4, -0.2) is 24.8 Å². The second-order valence-corrected chi connectivity index (χ2v) is 2.72. The van der Waals surface area contributed by atoms with Crippen LogP contribution in [0.3, 0.4) is 0 Å². The molecule has 10 heavy (non-hydrogen) atoms. The number of carbonyl (C=O) groups excluding carboxylic acids is 1. The Hall–Kier alpha value is -0.570. The summed E-state index contributed by atoms with van der Waals surface area (Å²) in [5, 5.41) is 0. The van der Waals surface area contributed by atoms with Gasteiger partial charge in [-0.15, -0.1) is 0 Å². The lowest BCUT2D eigenvalue weighted by molar-refractivity contribution is -0.144. The summed E-state index contributed by atoms with van der Waals surface area (Å²) in [6.45, 7) is 4.85. The van der Waals surface area contributed by atoms with Crippen molar-refractivity contribution in [2.45, 2.75) is 25.9 Å². The predicted molar refractivity (Wildman–Crippen MR) is 35.6 cm³/mol. The summed E-state index contributed by atoms with van der Waals surface area (Å²) >= 11 is 0. The third kappa shape index (κ3) is 1.99. The maximum absolute atomic E-state index is 10.8. The molecule has 0 radical (unpaired) electrons. The van der Waals surface area contributed by atoms with Crippen molar-refractivity contribution in [3.05, 3.63) is 0 Å². The minimum absolute atomic E-state index is 0.164. The van der Waals surface area contributed by atoms with E-state index in [0.717, 1.165) is 0 Å². The third-order valence-corrected chi connectivity index (χ3v) is 1.46. The van der Waals surface area contributed by atoms with Gasteiger partial charge >= 0.3 is 5.97 Å². The number of rotatable bonds is 3. The van der Waals surface area contributed by atoms with E-state index in [0.29, 0.717) is 19.6 Å². The zero-order valence-corrected chi connectivity index (χ0v) is 6.35. The molecule has 1 fully saturated rings. The molecular formula is C7H12O3. The first kappa shape index (κ1) is 7.54. The van der Waals surface area contributed by atoms with E-state index in [1.807, 2.05) is 6.92 Å². The van der Waals surface area contributed by atoms with Gasteiger partial charge in [0.05, 0.1) is 25.2 Å². The second kappa shape index (κ2) is 2.58. The van der Waals surface area contributed by atoms with Crippen molar-refractivity contribution in [1.29, 1.82) is 0 Å². The Morgan fingerprint density at radius 1 is 1.80 bits per heavy atom. The Bertz CT molecular complexity index is 138. The molecule has 1 aliphatic rings. The Labute approximate surface area is 60.3 Å². The number of hydrogen-bond donors (Lipinski definition) is 0. The highest BCUT2D eigenvalue weighted by Crippen LogP contribution is 2.29. The molecule has 3 nitrogen and oxygen atoms in total. The van der Waals surface area contributed by atoms with Crippen LogP contribution in [-0.2, 0) is 14.3 Å². The van der Waals surface area contributed by atoms with E-state index in [4.69, 9.17) is 9.47 Å². The number of hydrogen-bond acceptors (Lipinski definition) is 3. The number of ether oxygens (including phenoxy) is 2. The van der Waals surface area contributed by atoms with Crippen LogP contribution in [0, 0.1) is 0 Å². The minimum Gasteiger partial charge on any atom is -0.466 e. The molecule has 58 valence electrons. The molecule has 0 saturated carbocycles. The fourth-order valence-corrected chi connectivity index (χ4v) is 0.743. The average Bonchev–Trinajstić information content (AvgIpc) is 2.48. The molecule has 3 heteroatoms. The molecule has 0 amide bonds. The van der Waals surface area contributed by atoms with Crippen molar-refractivity contribution in [2.24, 2.45) is 0 Å². The van der Waals surface area contributed by atoms with Crippen molar-refractivity contribution < 1.29 is 14.3 Å². The number of epoxide rings is 1. The van der Waals surface area contributed by atoms with Gasteiger partial charge in [0.2, 0.25) is 0 Å². The Balaban J connectivity index is 2.18. The molecule has 0 aromatic carbocycles. The first-order valence-corrected chi connectivity index (χ1v) is 3.46. The van der Waals surface area contributed by atoms with E-state index in [1.165, 1.54) is 0 Å². The van der Waals surface area contributed by atoms with Crippen LogP contribution in [0.5, 0.6) is 0 Å². The molecule has 0 spiro atoms. The van der Waals surface area contributed by atoms with Crippen LogP contribution in [0.2, 0.25) is 0 Å². The molecule has 1 saturated heterocycles. The van der Waals surface area contributed by atoms with Crippen LogP contribution >= 0.6 is 0 Å². The van der Waals surface area contributed by atoms with Crippen LogP contribution in [0.25, 0.3) is 0 Å². The minimum atomic E-state index is -0.202. The van der Waals surface area contributed by atoms with Crippen molar-refractivity contribution in [3.63, 3.8) is 0 Å². The van der Waals surface area contributed by atoms with Crippen molar-refractivity contribution in [2.75, 3.05) is 13.2 Å². The fourth-order valence-electron chi connectivity index (χ4n) is 0.743. The SMILES string of the molecule is CCOC(=O)CC1(C)CO1. The van der Waals surface area contributed by atoms with Gasteiger partial charge in [-0.3, -0.25) is 4.79 Å². The van der Waals surface area contributed by atoms with Gasteiger partial charge in [-0.05, 0) is 13.8 Å². The Kier molecular flexibility index (Phi) is 1.94. The maximum Gasteiger partial charge on any atom is 0.308 e. The molecule has 1 aliphatic heterocycles. The molecule has 0 aliphatic carbocycles. The lowest BCUT2D eigenvalue weighted by Crippen LogP contribution is -2.15. The van der Waals surface area contributed by atoms with Gasteiger partial charge in [0.15, 0.2) is 0 Å². The maximum atomic E-state index is 10.8. The molecule has 0 aromatic heterocycles. The lowest BCUT2D eigenvalue weighted by atomic mass is 10.1. The van der Waals surface area contributed by atoms with E-state index in [1.54, 1.807) is 6.92 Å². The van der Waals surface area contributed by atoms with Crippen molar-refractivity contribution >= 4 is 5.97 Å². The van der Waals surface area contributed by atoms with Gasteiger partial charge in [-0.1, -0.05) is 0 Å². The molecule has 0 aromatic rings. The van der Waals surface area contributed by atoms with E-state index < -0.39 is 0 Å². The van der Waals surface area contributed by atoms with E-state index in [2.05, 4.69) is 0 Å². The number of esters is 1. The van der Waals surface area contributed by atoms with Gasteiger partial charge in [0.25, 0.3) is 0 Å². The van der Waals surface area contributed by atoms with Gasteiger partial charge in [-0.2, -0.15) is 0 Å². The predicted octanol–water partition coefficient (Wildman–Crippen LogP) is 0.729. The standard InChI is InChI=1S/C7H12O3/c1-3-9-6(8)4-7(2)5-10-7/h3-5H2,1-2H3. The molecular weight excluding hydrogens is 132 g/mol. The van der Waals surface area contributed by atoms with Gasteiger partial charge in [0.1, 0.15) is 0 Å². The molecule has 1 unspecified atom stereocenters. The van der Waals surface area contributed by atoms with Gasteiger partial charge in [-0.25, -0.2) is 0 Å². The van der Waals surface area contributed by atoms with Gasteiger partial charge in [0, 0.05) is 0 Å². The number of carbonyl (C=O) groups is 1. The summed E-state index contributed by atoms with van der Waals surface area (Å²) in [5.41, 5.74) is -0.202. The van der Waals surface area contributed by atoms with Crippen molar-refractivity contribution in [1.82, 2.24) is 0 Å². The normalized spacial score (nSPS) is 29.8. The second-order valence-electron chi connectivity index (χ2n) is 2.72. The first-order chi connectivity index (χ1) is 4.66. The van der Waals surface area contributed by atoms with Crippen LogP contribution in [0.15, 0.2) is 0 Å². The zero-order chi connectivity index (χ0) is 7.61. The molecule has 1 atom stereocenters. The summed E-state index contributed by atoms with van der Waals surface area (Å²) in [5.74, 6) is -0.164.